The Kier molecular flexibility index (Phi) is 4.07. The van der Waals surface area contributed by atoms with E-state index in [4.69, 9.17) is 5.11 Å². The van der Waals surface area contributed by atoms with Crippen LogP contribution in [-0.4, -0.2) is 22.7 Å². The maximum atomic E-state index is 13.1. The zero-order valence-electron chi connectivity index (χ0n) is 10.1. The molecule has 1 fully saturated rings. The molecule has 2 rings (SSSR count). The standard InChI is InChI=1S/C13H19FN2O/c1-9(11-6-12(14)8-15-7-11)16-13(4-5-17)10-2-3-10/h6-10,13,16-17H,2-5H2,1H3. The van der Waals surface area contributed by atoms with Crippen molar-refractivity contribution in [1.82, 2.24) is 10.3 Å². The fraction of sp³-hybridized carbons (Fsp3) is 0.615. The number of hydrogen-bond donors (Lipinski definition) is 2. The Balaban J connectivity index is 1.96. The quantitative estimate of drug-likeness (QED) is 0.797. The molecule has 2 N–H and O–H groups in total. The average molecular weight is 238 g/mol. The van der Waals surface area contributed by atoms with Crippen LogP contribution in [0.15, 0.2) is 18.5 Å². The Morgan fingerprint density at radius 3 is 2.88 bits per heavy atom. The Bertz CT molecular complexity index is 368. The summed E-state index contributed by atoms with van der Waals surface area (Å²) in [5.41, 5.74) is 0.855. The predicted octanol–water partition coefficient (Wildman–Crippen LogP) is 2.03. The van der Waals surface area contributed by atoms with Gasteiger partial charge >= 0.3 is 0 Å². The number of aliphatic hydroxyl groups excluding tert-OH is 1. The van der Waals surface area contributed by atoms with Crippen LogP contribution in [0.4, 0.5) is 4.39 Å². The normalized spacial score (nSPS) is 19.0. The van der Waals surface area contributed by atoms with Crippen molar-refractivity contribution in [3.05, 3.63) is 29.8 Å². The lowest BCUT2D eigenvalue weighted by molar-refractivity contribution is 0.250. The number of rotatable bonds is 6. The van der Waals surface area contributed by atoms with Crippen molar-refractivity contribution in [1.29, 1.82) is 0 Å². The first-order valence-corrected chi connectivity index (χ1v) is 6.18. The molecule has 0 radical (unpaired) electrons. The third-order valence-electron chi connectivity index (χ3n) is 3.32. The molecule has 0 aliphatic heterocycles. The van der Waals surface area contributed by atoms with E-state index in [1.165, 1.54) is 25.1 Å². The third kappa shape index (κ3) is 3.48. The van der Waals surface area contributed by atoms with Crippen LogP contribution in [0, 0.1) is 11.7 Å². The van der Waals surface area contributed by atoms with Gasteiger partial charge in [0.2, 0.25) is 0 Å². The molecule has 2 atom stereocenters. The first kappa shape index (κ1) is 12.5. The summed E-state index contributed by atoms with van der Waals surface area (Å²) in [6.45, 7) is 2.20. The molecular formula is C13H19FN2O. The number of aliphatic hydroxyl groups is 1. The minimum atomic E-state index is -0.304. The summed E-state index contributed by atoms with van der Waals surface area (Å²) in [4.78, 5) is 3.85. The molecule has 1 aliphatic rings. The highest BCUT2D eigenvalue weighted by Crippen LogP contribution is 2.35. The first-order chi connectivity index (χ1) is 8.20. The average Bonchev–Trinajstić information content (AvgIpc) is 3.12. The molecule has 0 spiro atoms. The highest BCUT2D eigenvalue weighted by atomic mass is 19.1. The van der Waals surface area contributed by atoms with Crippen LogP contribution >= 0.6 is 0 Å². The molecule has 3 nitrogen and oxygen atoms in total. The monoisotopic (exact) mass is 238 g/mol. The zero-order valence-corrected chi connectivity index (χ0v) is 10.1. The minimum Gasteiger partial charge on any atom is -0.396 e. The molecule has 17 heavy (non-hydrogen) atoms. The maximum Gasteiger partial charge on any atom is 0.141 e. The Hall–Kier alpha value is -1.00. The highest BCUT2D eigenvalue weighted by Gasteiger charge is 2.31. The summed E-state index contributed by atoms with van der Waals surface area (Å²) >= 11 is 0. The van der Waals surface area contributed by atoms with Gasteiger partial charge < -0.3 is 10.4 Å². The van der Waals surface area contributed by atoms with Gasteiger partial charge in [0.05, 0.1) is 6.20 Å². The number of aromatic nitrogens is 1. The van der Waals surface area contributed by atoms with E-state index in [9.17, 15) is 4.39 Å². The fourth-order valence-electron chi connectivity index (χ4n) is 2.18. The summed E-state index contributed by atoms with van der Waals surface area (Å²) in [5, 5.41) is 12.5. The van der Waals surface area contributed by atoms with Crippen LogP contribution in [0.25, 0.3) is 0 Å². The molecule has 0 saturated heterocycles. The molecule has 94 valence electrons. The number of pyridine rings is 1. The smallest absolute Gasteiger partial charge is 0.141 e. The van der Waals surface area contributed by atoms with Gasteiger partial charge in [-0.3, -0.25) is 4.98 Å². The van der Waals surface area contributed by atoms with E-state index >= 15 is 0 Å². The van der Waals surface area contributed by atoms with Gasteiger partial charge in [-0.15, -0.1) is 0 Å². The summed E-state index contributed by atoms with van der Waals surface area (Å²) in [6, 6.07) is 1.90. The van der Waals surface area contributed by atoms with Crippen molar-refractivity contribution < 1.29 is 9.50 Å². The second kappa shape index (κ2) is 5.56. The number of nitrogens with zero attached hydrogens (tertiary/aromatic N) is 1. The van der Waals surface area contributed by atoms with Gasteiger partial charge in [0.15, 0.2) is 0 Å². The third-order valence-corrected chi connectivity index (χ3v) is 3.32. The van der Waals surface area contributed by atoms with Crippen molar-refractivity contribution in [3.8, 4) is 0 Å². The van der Waals surface area contributed by atoms with Crippen molar-refractivity contribution in [3.63, 3.8) is 0 Å². The predicted molar refractivity (Wildman–Crippen MR) is 64.0 cm³/mol. The Morgan fingerprint density at radius 2 is 2.29 bits per heavy atom. The van der Waals surface area contributed by atoms with Crippen molar-refractivity contribution in [2.45, 2.75) is 38.3 Å². The van der Waals surface area contributed by atoms with Gasteiger partial charge in [0.25, 0.3) is 0 Å². The zero-order chi connectivity index (χ0) is 12.3. The van der Waals surface area contributed by atoms with Crippen LogP contribution < -0.4 is 5.32 Å². The maximum absolute atomic E-state index is 13.1. The van der Waals surface area contributed by atoms with Crippen LogP contribution in [0.3, 0.4) is 0 Å². The molecular weight excluding hydrogens is 219 g/mol. The summed E-state index contributed by atoms with van der Waals surface area (Å²) in [5.74, 6) is 0.368. The van der Waals surface area contributed by atoms with Gasteiger partial charge in [-0.05, 0) is 43.7 Å². The van der Waals surface area contributed by atoms with Crippen molar-refractivity contribution in [2.24, 2.45) is 5.92 Å². The Morgan fingerprint density at radius 1 is 1.53 bits per heavy atom. The molecule has 0 bridgehead atoms. The van der Waals surface area contributed by atoms with Crippen LogP contribution in [0.5, 0.6) is 0 Å². The molecule has 1 heterocycles. The van der Waals surface area contributed by atoms with E-state index in [1.54, 1.807) is 6.20 Å². The summed E-state index contributed by atoms with van der Waals surface area (Å²) in [7, 11) is 0. The lowest BCUT2D eigenvalue weighted by atomic mass is 10.1. The van der Waals surface area contributed by atoms with Crippen molar-refractivity contribution >= 4 is 0 Å². The minimum absolute atomic E-state index is 0.0651. The van der Waals surface area contributed by atoms with E-state index in [-0.39, 0.29) is 18.5 Å². The highest BCUT2D eigenvalue weighted by molar-refractivity contribution is 5.14. The molecule has 0 amide bonds. The number of halogens is 1. The lowest BCUT2D eigenvalue weighted by Gasteiger charge is -2.22. The van der Waals surface area contributed by atoms with Gasteiger partial charge in [-0.25, -0.2) is 4.39 Å². The summed E-state index contributed by atoms with van der Waals surface area (Å²) in [6.07, 6.45) is 6.11. The van der Waals surface area contributed by atoms with Gasteiger partial charge in [0, 0.05) is 24.9 Å². The van der Waals surface area contributed by atoms with Gasteiger partial charge in [0.1, 0.15) is 5.82 Å². The van der Waals surface area contributed by atoms with E-state index in [2.05, 4.69) is 10.3 Å². The molecule has 1 aromatic rings. The summed E-state index contributed by atoms with van der Waals surface area (Å²) < 4.78 is 13.1. The van der Waals surface area contributed by atoms with Crippen LogP contribution in [0.1, 0.15) is 37.8 Å². The Labute approximate surface area is 101 Å². The second-order valence-electron chi connectivity index (χ2n) is 4.78. The largest absolute Gasteiger partial charge is 0.396 e. The number of hydrogen-bond acceptors (Lipinski definition) is 3. The van der Waals surface area contributed by atoms with Crippen molar-refractivity contribution in [2.75, 3.05) is 6.61 Å². The van der Waals surface area contributed by atoms with Crippen LogP contribution in [0.2, 0.25) is 0 Å². The fourth-order valence-corrected chi connectivity index (χ4v) is 2.18. The van der Waals surface area contributed by atoms with Gasteiger partial charge in [-0.1, -0.05) is 0 Å². The SMILES string of the molecule is CC(NC(CCO)C1CC1)c1cncc(F)c1. The topological polar surface area (TPSA) is 45.1 Å². The molecule has 0 aromatic carbocycles. The number of nitrogens with one attached hydrogen (secondary N) is 1. The molecule has 4 heteroatoms. The first-order valence-electron chi connectivity index (χ1n) is 6.18. The van der Waals surface area contributed by atoms with Crippen LogP contribution in [-0.2, 0) is 0 Å². The lowest BCUT2D eigenvalue weighted by Crippen LogP contribution is -2.34. The van der Waals surface area contributed by atoms with E-state index < -0.39 is 0 Å². The van der Waals surface area contributed by atoms with E-state index in [1.807, 2.05) is 6.92 Å². The molecule has 1 aliphatic carbocycles. The molecule has 1 aromatic heterocycles. The van der Waals surface area contributed by atoms with E-state index in [0.29, 0.717) is 12.0 Å². The second-order valence-corrected chi connectivity index (χ2v) is 4.78. The molecule has 1 saturated carbocycles. The molecule has 2 unspecified atom stereocenters. The van der Waals surface area contributed by atoms with E-state index in [0.717, 1.165) is 12.0 Å². The van der Waals surface area contributed by atoms with Gasteiger partial charge in [-0.2, -0.15) is 0 Å².